The third-order valence-electron chi connectivity index (χ3n) is 3.59. The van der Waals surface area contributed by atoms with Gasteiger partial charge in [-0.05, 0) is 19.9 Å². The fraction of sp³-hybridized carbons (Fsp3) is 0.500. The molecule has 0 spiro atoms. The van der Waals surface area contributed by atoms with Crippen molar-refractivity contribution < 1.29 is 14.2 Å². The van der Waals surface area contributed by atoms with Crippen molar-refractivity contribution in [2.24, 2.45) is 0 Å². The molecular weight excluding hydrogens is 286 g/mol. The van der Waals surface area contributed by atoms with Crippen molar-refractivity contribution in [3.63, 3.8) is 0 Å². The Hall–Kier alpha value is -2.35. The van der Waals surface area contributed by atoms with Crippen LogP contribution in [0.1, 0.15) is 29.0 Å². The number of amides is 1. The fourth-order valence-electron chi connectivity index (χ4n) is 2.32. The molecule has 1 aliphatic heterocycles. The van der Waals surface area contributed by atoms with Crippen molar-refractivity contribution in [3.05, 3.63) is 35.2 Å². The van der Waals surface area contributed by atoms with Crippen LogP contribution in [0.3, 0.4) is 0 Å². The van der Waals surface area contributed by atoms with E-state index in [-0.39, 0.29) is 18.4 Å². The number of carbonyl (C=O) groups excluding carboxylic acids is 1. The maximum Gasteiger partial charge on any atom is 0.228 e. The SMILES string of the molecule is Cc1ccnc([C@H]2CN(C(=O)Cc3nonc3C)CCO2)n1. The first-order valence-electron chi connectivity index (χ1n) is 7.10. The van der Waals surface area contributed by atoms with Gasteiger partial charge in [0.2, 0.25) is 5.91 Å². The van der Waals surface area contributed by atoms with Crippen LogP contribution >= 0.6 is 0 Å². The van der Waals surface area contributed by atoms with Crippen molar-refractivity contribution >= 4 is 5.91 Å². The third kappa shape index (κ3) is 3.11. The topological polar surface area (TPSA) is 94.2 Å². The molecule has 2 aromatic heterocycles. The van der Waals surface area contributed by atoms with Crippen molar-refractivity contribution in [1.82, 2.24) is 25.2 Å². The van der Waals surface area contributed by atoms with Gasteiger partial charge in [0.1, 0.15) is 17.5 Å². The standard InChI is InChI=1S/C14H17N5O3/c1-9-3-4-15-14(16-9)12-8-19(5-6-21-12)13(20)7-11-10(2)17-22-18-11/h3-4,12H,5-8H2,1-2H3/t12-/m1/s1. The van der Waals surface area contributed by atoms with E-state index in [4.69, 9.17) is 4.74 Å². The predicted molar refractivity (Wildman–Crippen MR) is 74.8 cm³/mol. The van der Waals surface area contributed by atoms with Gasteiger partial charge in [0.05, 0.1) is 19.6 Å². The Balaban J connectivity index is 1.67. The molecule has 1 saturated heterocycles. The summed E-state index contributed by atoms with van der Waals surface area (Å²) in [7, 11) is 0. The summed E-state index contributed by atoms with van der Waals surface area (Å²) in [6.45, 7) is 5.11. The summed E-state index contributed by atoms with van der Waals surface area (Å²) in [5.41, 5.74) is 2.08. The molecule has 1 aliphatic rings. The summed E-state index contributed by atoms with van der Waals surface area (Å²) < 4.78 is 10.3. The molecule has 0 bridgehead atoms. The monoisotopic (exact) mass is 303 g/mol. The van der Waals surface area contributed by atoms with Gasteiger partial charge in [0, 0.05) is 18.4 Å². The van der Waals surface area contributed by atoms with Crippen molar-refractivity contribution in [2.75, 3.05) is 19.7 Å². The highest BCUT2D eigenvalue weighted by Gasteiger charge is 2.28. The zero-order valence-corrected chi connectivity index (χ0v) is 12.5. The van der Waals surface area contributed by atoms with Gasteiger partial charge in [0.15, 0.2) is 5.82 Å². The summed E-state index contributed by atoms with van der Waals surface area (Å²) >= 11 is 0. The van der Waals surface area contributed by atoms with Gasteiger partial charge in [-0.2, -0.15) is 0 Å². The number of aryl methyl sites for hydroxylation is 2. The number of aromatic nitrogens is 4. The molecule has 116 valence electrons. The molecule has 0 N–H and O–H groups in total. The highest BCUT2D eigenvalue weighted by atomic mass is 16.6. The zero-order chi connectivity index (χ0) is 15.5. The Bertz CT molecular complexity index is 672. The van der Waals surface area contributed by atoms with Gasteiger partial charge >= 0.3 is 0 Å². The number of ether oxygens (including phenoxy) is 1. The average Bonchev–Trinajstić information content (AvgIpc) is 2.92. The highest BCUT2D eigenvalue weighted by Crippen LogP contribution is 2.20. The van der Waals surface area contributed by atoms with E-state index in [0.29, 0.717) is 36.9 Å². The largest absolute Gasteiger partial charge is 0.367 e. The number of hydrogen-bond acceptors (Lipinski definition) is 7. The van der Waals surface area contributed by atoms with E-state index in [2.05, 4.69) is 24.9 Å². The maximum atomic E-state index is 12.4. The Morgan fingerprint density at radius 3 is 3.00 bits per heavy atom. The molecule has 22 heavy (non-hydrogen) atoms. The highest BCUT2D eigenvalue weighted by molar-refractivity contribution is 5.78. The second-order valence-corrected chi connectivity index (χ2v) is 5.23. The lowest BCUT2D eigenvalue weighted by atomic mass is 10.2. The first-order chi connectivity index (χ1) is 10.6. The molecule has 1 amide bonds. The Kier molecular flexibility index (Phi) is 4.10. The quantitative estimate of drug-likeness (QED) is 0.820. The maximum absolute atomic E-state index is 12.4. The summed E-state index contributed by atoms with van der Waals surface area (Å²) in [6, 6.07) is 1.83. The van der Waals surface area contributed by atoms with E-state index >= 15 is 0 Å². The van der Waals surface area contributed by atoms with Gasteiger partial charge < -0.3 is 9.64 Å². The van der Waals surface area contributed by atoms with Crippen LogP contribution in [0.2, 0.25) is 0 Å². The number of morpholine rings is 1. The second kappa shape index (κ2) is 6.18. The first kappa shape index (κ1) is 14.6. The molecule has 3 heterocycles. The number of hydrogen-bond donors (Lipinski definition) is 0. The molecule has 3 rings (SSSR count). The number of rotatable bonds is 3. The molecule has 0 aliphatic carbocycles. The molecule has 1 fully saturated rings. The Labute approximate surface area is 127 Å². The van der Waals surface area contributed by atoms with Crippen molar-refractivity contribution in [3.8, 4) is 0 Å². The Morgan fingerprint density at radius 2 is 2.27 bits per heavy atom. The minimum atomic E-state index is -0.297. The van der Waals surface area contributed by atoms with E-state index in [1.165, 1.54) is 0 Å². The number of nitrogens with zero attached hydrogens (tertiary/aromatic N) is 5. The van der Waals surface area contributed by atoms with E-state index in [0.717, 1.165) is 5.69 Å². The summed E-state index contributed by atoms with van der Waals surface area (Å²) in [4.78, 5) is 22.7. The Morgan fingerprint density at radius 1 is 1.41 bits per heavy atom. The van der Waals surface area contributed by atoms with Gasteiger partial charge in [-0.1, -0.05) is 10.3 Å². The molecule has 8 heteroatoms. The van der Waals surface area contributed by atoms with Crippen LogP contribution in [0.15, 0.2) is 16.9 Å². The molecule has 0 aromatic carbocycles. The van der Waals surface area contributed by atoms with E-state index in [9.17, 15) is 4.79 Å². The van der Waals surface area contributed by atoms with E-state index in [1.807, 2.05) is 13.0 Å². The van der Waals surface area contributed by atoms with E-state index in [1.54, 1.807) is 18.0 Å². The van der Waals surface area contributed by atoms with Crippen LogP contribution in [0.5, 0.6) is 0 Å². The smallest absolute Gasteiger partial charge is 0.228 e. The van der Waals surface area contributed by atoms with Gasteiger partial charge in [-0.15, -0.1) is 0 Å². The van der Waals surface area contributed by atoms with Gasteiger partial charge in [0.25, 0.3) is 0 Å². The van der Waals surface area contributed by atoms with Gasteiger partial charge in [-0.25, -0.2) is 14.6 Å². The minimum absolute atomic E-state index is 0.0280. The molecule has 2 aromatic rings. The van der Waals surface area contributed by atoms with Crippen molar-refractivity contribution in [2.45, 2.75) is 26.4 Å². The van der Waals surface area contributed by atoms with Crippen LogP contribution in [-0.4, -0.2) is 50.8 Å². The predicted octanol–water partition coefficient (Wildman–Crippen LogP) is 0.619. The molecular formula is C14H17N5O3. The van der Waals surface area contributed by atoms with E-state index < -0.39 is 0 Å². The molecule has 0 radical (unpaired) electrons. The fourth-order valence-corrected chi connectivity index (χ4v) is 2.32. The molecule has 1 atom stereocenters. The van der Waals surface area contributed by atoms with Crippen LogP contribution < -0.4 is 0 Å². The average molecular weight is 303 g/mol. The second-order valence-electron chi connectivity index (χ2n) is 5.23. The normalized spacial score (nSPS) is 18.5. The summed E-state index contributed by atoms with van der Waals surface area (Å²) in [5.74, 6) is 0.580. The number of carbonyl (C=O) groups is 1. The first-order valence-corrected chi connectivity index (χ1v) is 7.10. The van der Waals surface area contributed by atoms with Crippen molar-refractivity contribution in [1.29, 1.82) is 0 Å². The lowest BCUT2D eigenvalue weighted by Crippen LogP contribution is -2.43. The minimum Gasteiger partial charge on any atom is -0.367 e. The third-order valence-corrected chi connectivity index (χ3v) is 3.59. The van der Waals surface area contributed by atoms with Crippen LogP contribution in [-0.2, 0) is 16.0 Å². The van der Waals surface area contributed by atoms with Crippen LogP contribution in [0.25, 0.3) is 0 Å². The molecule has 0 saturated carbocycles. The lowest BCUT2D eigenvalue weighted by Gasteiger charge is -2.32. The van der Waals surface area contributed by atoms with Gasteiger partial charge in [-0.3, -0.25) is 4.79 Å². The van der Waals surface area contributed by atoms with Crippen LogP contribution in [0, 0.1) is 13.8 Å². The summed E-state index contributed by atoms with van der Waals surface area (Å²) in [5, 5.41) is 7.44. The zero-order valence-electron chi connectivity index (χ0n) is 12.5. The summed E-state index contributed by atoms with van der Waals surface area (Å²) in [6.07, 6.45) is 1.58. The van der Waals surface area contributed by atoms with Crippen LogP contribution in [0.4, 0.5) is 0 Å². The molecule has 0 unspecified atom stereocenters. The lowest BCUT2D eigenvalue weighted by molar-refractivity contribution is -0.138. The molecule has 8 nitrogen and oxygen atoms in total.